The van der Waals surface area contributed by atoms with Crippen molar-refractivity contribution < 1.29 is 9.47 Å². The predicted molar refractivity (Wildman–Crippen MR) is 72.3 cm³/mol. The molecule has 0 spiro atoms. The molecule has 0 fully saturated rings. The predicted octanol–water partition coefficient (Wildman–Crippen LogP) is 2.91. The molecule has 1 aromatic carbocycles. The zero-order valence-electron chi connectivity index (χ0n) is 9.96. The Labute approximate surface area is 111 Å². The summed E-state index contributed by atoms with van der Waals surface area (Å²) in [7, 11) is 0. The quantitative estimate of drug-likeness (QED) is 0.894. The molecule has 0 radical (unpaired) electrons. The third-order valence-electron chi connectivity index (χ3n) is 2.56. The second kappa shape index (κ2) is 5.85. The van der Waals surface area contributed by atoms with E-state index in [4.69, 9.17) is 21.1 Å². The fourth-order valence-corrected chi connectivity index (χ4v) is 2.63. The van der Waals surface area contributed by atoms with Crippen LogP contribution in [0.5, 0.6) is 11.5 Å². The van der Waals surface area contributed by atoms with Crippen molar-refractivity contribution in [3.8, 4) is 11.5 Å². The third kappa shape index (κ3) is 3.21. The summed E-state index contributed by atoms with van der Waals surface area (Å²) in [5.41, 5.74) is 1.12. The molecule has 2 rings (SSSR count). The van der Waals surface area contributed by atoms with E-state index in [1.807, 2.05) is 23.9 Å². The van der Waals surface area contributed by atoms with Crippen LogP contribution in [-0.4, -0.2) is 24.8 Å². The van der Waals surface area contributed by atoms with E-state index in [1.165, 1.54) is 0 Å². The first-order valence-corrected chi connectivity index (χ1v) is 7.28. The summed E-state index contributed by atoms with van der Waals surface area (Å²) in [6.07, 6.45) is 2.11. The second-order valence-electron chi connectivity index (χ2n) is 4.05. The maximum Gasteiger partial charge on any atom is 0.231 e. The topological polar surface area (TPSA) is 30.5 Å². The Morgan fingerprint density at radius 1 is 1.47 bits per heavy atom. The van der Waals surface area contributed by atoms with Crippen LogP contribution in [0.2, 0.25) is 5.02 Å². The van der Waals surface area contributed by atoms with E-state index in [0.29, 0.717) is 16.8 Å². The van der Waals surface area contributed by atoms with Gasteiger partial charge in [0.05, 0.1) is 5.02 Å². The van der Waals surface area contributed by atoms with Crippen molar-refractivity contribution in [3.05, 3.63) is 22.7 Å². The van der Waals surface area contributed by atoms with Crippen molar-refractivity contribution in [1.29, 1.82) is 0 Å². The lowest BCUT2D eigenvalue weighted by Crippen LogP contribution is -2.27. The first-order chi connectivity index (χ1) is 8.20. The van der Waals surface area contributed by atoms with Crippen molar-refractivity contribution >= 4 is 23.4 Å². The van der Waals surface area contributed by atoms with Crippen molar-refractivity contribution in [2.45, 2.75) is 19.5 Å². The van der Waals surface area contributed by atoms with Crippen molar-refractivity contribution in [2.24, 2.45) is 0 Å². The SMILES string of the molecule is CSCC(C)NCc1cc(Cl)c2c(c1)OCO2. The molecule has 1 N–H and O–H groups in total. The normalized spacial score (nSPS) is 15.0. The largest absolute Gasteiger partial charge is 0.454 e. The first kappa shape index (κ1) is 12.9. The molecular weight excluding hydrogens is 258 g/mol. The Kier molecular flexibility index (Phi) is 4.42. The number of hydrogen-bond acceptors (Lipinski definition) is 4. The van der Waals surface area contributed by atoms with Gasteiger partial charge in [-0.2, -0.15) is 11.8 Å². The van der Waals surface area contributed by atoms with Crippen molar-refractivity contribution in [2.75, 3.05) is 18.8 Å². The molecule has 0 amide bonds. The van der Waals surface area contributed by atoms with Gasteiger partial charge in [-0.25, -0.2) is 0 Å². The molecule has 3 nitrogen and oxygen atoms in total. The number of benzene rings is 1. The standard InChI is InChI=1S/C12H16ClNO2S/c1-8(6-17-2)14-5-9-3-10(13)12-11(4-9)15-7-16-12/h3-4,8,14H,5-7H2,1-2H3. The van der Waals surface area contributed by atoms with Gasteiger partial charge in [-0.15, -0.1) is 0 Å². The van der Waals surface area contributed by atoms with Gasteiger partial charge < -0.3 is 14.8 Å². The molecule has 0 bridgehead atoms. The van der Waals surface area contributed by atoms with Gasteiger partial charge in [-0.3, -0.25) is 0 Å². The maximum absolute atomic E-state index is 6.11. The van der Waals surface area contributed by atoms with Gasteiger partial charge >= 0.3 is 0 Å². The summed E-state index contributed by atoms with van der Waals surface area (Å²) in [6, 6.07) is 4.38. The van der Waals surface area contributed by atoms with Gasteiger partial charge in [0.2, 0.25) is 6.79 Å². The molecule has 0 aromatic heterocycles. The molecule has 1 unspecified atom stereocenters. The highest BCUT2D eigenvalue weighted by Crippen LogP contribution is 2.39. The minimum atomic E-state index is 0.259. The lowest BCUT2D eigenvalue weighted by Gasteiger charge is -2.12. The molecule has 17 heavy (non-hydrogen) atoms. The number of hydrogen-bond donors (Lipinski definition) is 1. The van der Waals surface area contributed by atoms with Gasteiger partial charge in [-0.05, 0) is 30.9 Å². The van der Waals surface area contributed by atoms with Crippen LogP contribution >= 0.6 is 23.4 Å². The molecule has 5 heteroatoms. The highest BCUT2D eigenvalue weighted by molar-refractivity contribution is 7.98. The van der Waals surface area contributed by atoms with Crippen LogP contribution in [0, 0.1) is 0 Å². The number of halogens is 1. The van der Waals surface area contributed by atoms with E-state index in [9.17, 15) is 0 Å². The molecule has 0 saturated carbocycles. The monoisotopic (exact) mass is 273 g/mol. The van der Waals surface area contributed by atoms with Gasteiger partial charge in [0, 0.05) is 18.3 Å². The van der Waals surface area contributed by atoms with Crippen LogP contribution in [0.1, 0.15) is 12.5 Å². The summed E-state index contributed by atoms with van der Waals surface area (Å²) in [6.45, 7) is 3.22. The molecule has 94 valence electrons. The number of rotatable bonds is 5. The summed E-state index contributed by atoms with van der Waals surface area (Å²) < 4.78 is 10.6. The summed E-state index contributed by atoms with van der Waals surface area (Å²) in [4.78, 5) is 0. The fraction of sp³-hybridized carbons (Fsp3) is 0.500. The van der Waals surface area contributed by atoms with Gasteiger partial charge in [0.25, 0.3) is 0 Å². The highest BCUT2D eigenvalue weighted by Gasteiger charge is 2.18. The zero-order valence-corrected chi connectivity index (χ0v) is 11.5. The maximum atomic E-state index is 6.11. The van der Waals surface area contributed by atoms with E-state index < -0.39 is 0 Å². The lowest BCUT2D eigenvalue weighted by molar-refractivity contribution is 0.174. The minimum absolute atomic E-state index is 0.259. The average molecular weight is 274 g/mol. The zero-order chi connectivity index (χ0) is 12.3. The van der Waals surface area contributed by atoms with Crippen LogP contribution in [0.4, 0.5) is 0 Å². The molecule has 1 atom stereocenters. The molecule has 1 aromatic rings. The van der Waals surface area contributed by atoms with Crippen LogP contribution in [-0.2, 0) is 6.54 Å². The Balaban J connectivity index is 2.00. The molecule has 0 aliphatic carbocycles. The summed E-state index contributed by atoms with van der Waals surface area (Å²) in [5, 5.41) is 4.06. The van der Waals surface area contributed by atoms with Crippen LogP contribution in [0.15, 0.2) is 12.1 Å². The fourth-order valence-electron chi connectivity index (χ4n) is 1.72. The minimum Gasteiger partial charge on any atom is -0.454 e. The third-order valence-corrected chi connectivity index (χ3v) is 3.67. The van der Waals surface area contributed by atoms with Crippen molar-refractivity contribution in [3.63, 3.8) is 0 Å². The Morgan fingerprint density at radius 2 is 2.29 bits per heavy atom. The smallest absolute Gasteiger partial charge is 0.231 e. The van der Waals surface area contributed by atoms with Crippen LogP contribution < -0.4 is 14.8 Å². The van der Waals surface area contributed by atoms with E-state index >= 15 is 0 Å². The van der Waals surface area contributed by atoms with Gasteiger partial charge in [0.15, 0.2) is 11.5 Å². The highest BCUT2D eigenvalue weighted by atomic mass is 35.5. The Hall–Kier alpha value is -0.580. The average Bonchev–Trinajstić information content (AvgIpc) is 2.75. The van der Waals surface area contributed by atoms with Crippen LogP contribution in [0.3, 0.4) is 0 Å². The number of nitrogens with one attached hydrogen (secondary N) is 1. The number of thioether (sulfide) groups is 1. The first-order valence-electron chi connectivity index (χ1n) is 5.51. The summed E-state index contributed by atoms with van der Waals surface area (Å²) >= 11 is 7.95. The van der Waals surface area contributed by atoms with E-state index in [-0.39, 0.29) is 6.79 Å². The van der Waals surface area contributed by atoms with Crippen LogP contribution in [0.25, 0.3) is 0 Å². The Bertz CT molecular complexity index is 400. The van der Waals surface area contributed by atoms with Gasteiger partial charge in [-0.1, -0.05) is 11.6 Å². The number of ether oxygens (including phenoxy) is 2. The Morgan fingerprint density at radius 3 is 3.06 bits per heavy atom. The number of fused-ring (bicyclic) bond motifs is 1. The van der Waals surface area contributed by atoms with Crippen molar-refractivity contribution in [1.82, 2.24) is 5.32 Å². The molecular formula is C12H16ClNO2S. The van der Waals surface area contributed by atoms with E-state index in [2.05, 4.69) is 18.5 Å². The lowest BCUT2D eigenvalue weighted by atomic mass is 10.2. The van der Waals surface area contributed by atoms with Gasteiger partial charge in [0.1, 0.15) is 0 Å². The van der Waals surface area contributed by atoms with E-state index in [1.54, 1.807) is 0 Å². The van der Waals surface area contributed by atoms with E-state index in [0.717, 1.165) is 23.6 Å². The summed E-state index contributed by atoms with van der Waals surface area (Å²) in [5.74, 6) is 2.50. The molecule has 0 saturated heterocycles. The molecule has 1 aliphatic heterocycles. The molecule has 1 aliphatic rings. The second-order valence-corrected chi connectivity index (χ2v) is 5.37. The molecule has 1 heterocycles.